The van der Waals surface area contributed by atoms with Gasteiger partial charge in [0.25, 0.3) is 5.91 Å². The van der Waals surface area contributed by atoms with Crippen molar-refractivity contribution in [3.63, 3.8) is 0 Å². The lowest BCUT2D eigenvalue weighted by atomic mass is 9.72. The molecule has 3 rings (SSSR count). The summed E-state index contributed by atoms with van der Waals surface area (Å²) in [6.07, 6.45) is 2.79. The van der Waals surface area contributed by atoms with Crippen molar-refractivity contribution in [2.75, 3.05) is 12.4 Å². The van der Waals surface area contributed by atoms with Crippen LogP contribution >= 0.6 is 23.6 Å². The number of hydrogen-bond acceptors (Lipinski definition) is 5. The van der Waals surface area contributed by atoms with Crippen LogP contribution in [0.5, 0.6) is 0 Å². The maximum absolute atomic E-state index is 12.7. The summed E-state index contributed by atoms with van der Waals surface area (Å²) in [6.45, 7) is 13.2. The van der Waals surface area contributed by atoms with Crippen molar-refractivity contribution in [1.82, 2.24) is 5.32 Å². The Hall–Kier alpha value is -2.25. The molecule has 2 N–H and O–H groups in total. The van der Waals surface area contributed by atoms with Crippen LogP contribution in [-0.2, 0) is 23.0 Å². The van der Waals surface area contributed by atoms with Gasteiger partial charge >= 0.3 is 5.97 Å². The van der Waals surface area contributed by atoms with E-state index in [0.29, 0.717) is 22.0 Å². The minimum Gasteiger partial charge on any atom is -0.465 e. The van der Waals surface area contributed by atoms with Gasteiger partial charge in [-0.25, -0.2) is 4.79 Å². The Morgan fingerprint density at radius 3 is 2.27 bits per heavy atom. The fourth-order valence-electron chi connectivity index (χ4n) is 4.16. The van der Waals surface area contributed by atoms with Crippen molar-refractivity contribution in [3.05, 3.63) is 51.4 Å². The molecule has 5 nitrogen and oxygen atoms in total. The number of rotatable bonds is 3. The van der Waals surface area contributed by atoms with E-state index in [9.17, 15) is 9.59 Å². The SMILES string of the molecule is COC(=O)c1c(NC(=S)NC(=O)c2ccc(C(C)(C)C)cc2)sc2c1CCC(C(C)(C)C)C2. The van der Waals surface area contributed by atoms with Crippen molar-refractivity contribution in [2.24, 2.45) is 11.3 Å². The molecule has 2 aromatic rings. The first-order valence-corrected chi connectivity index (χ1v) is 12.5. The van der Waals surface area contributed by atoms with Crippen molar-refractivity contribution >= 4 is 45.5 Å². The predicted molar refractivity (Wildman–Crippen MR) is 139 cm³/mol. The number of ether oxygens (including phenoxy) is 1. The molecule has 0 fully saturated rings. The Kier molecular flexibility index (Phi) is 7.34. The molecule has 0 spiro atoms. The molecule has 1 heterocycles. The van der Waals surface area contributed by atoms with Crippen molar-refractivity contribution in [2.45, 2.75) is 66.2 Å². The molecular weight excluding hydrogens is 452 g/mol. The Labute approximate surface area is 206 Å². The molecule has 33 heavy (non-hydrogen) atoms. The Morgan fingerprint density at radius 2 is 1.73 bits per heavy atom. The summed E-state index contributed by atoms with van der Waals surface area (Å²) in [5.74, 6) is -0.123. The molecule has 1 atom stereocenters. The Morgan fingerprint density at radius 1 is 1.09 bits per heavy atom. The molecule has 7 heteroatoms. The third-order valence-electron chi connectivity index (χ3n) is 6.35. The van der Waals surface area contributed by atoms with E-state index < -0.39 is 0 Å². The third-order valence-corrected chi connectivity index (χ3v) is 7.72. The van der Waals surface area contributed by atoms with E-state index in [1.807, 2.05) is 12.1 Å². The normalized spacial score (nSPS) is 16.0. The number of thiophene rings is 1. The second-order valence-corrected chi connectivity index (χ2v) is 12.3. The highest BCUT2D eigenvalue weighted by atomic mass is 32.1. The number of hydrogen-bond donors (Lipinski definition) is 2. The van der Waals surface area contributed by atoms with Gasteiger partial charge < -0.3 is 10.1 Å². The van der Waals surface area contributed by atoms with Crippen LogP contribution in [0.25, 0.3) is 0 Å². The average molecular weight is 487 g/mol. The van der Waals surface area contributed by atoms with Crippen molar-refractivity contribution in [1.29, 1.82) is 0 Å². The van der Waals surface area contributed by atoms with Gasteiger partial charge in [0.2, 0.25) is 0 Å². The lowest BCUT2D eigenvalue weighted by molar-refractivity contribution is 0.0600. The van der Waals surface area contributed by atoms with Crippen LogP contribution in [0.3, 0.4) is 0 Å². The molecule has 1 amide bonds. The van der Waals surface area contributed by atoms with Crippen LogP contribution in [0, 0.1) is 11.3 Å². The Balaban J connectivity index is 1.77. The van der Waals surface area contributed by atoms with Gasteiger partial charge in [0.1, 0.15) is 5.00 Å². The number of amides is 1. The van der Waals surface area contributed by atoms with E-state index in [-0.39, 0.29) is 27.8 Å². The van der Waals surface area contributed by atoms with Crippen molar-refractivity contribution in [3.8, 4) is 0 Å². The number of nitrogens with one attached hydrogen (secondary N) is 2. The molecular formula is C26H34N2O3S2. The summed E-state index contributed by atoms with van der Waals surface area (Å²) < 4.78 is 5.06. The summed E-state index contributed by atoms with van der Waals surface area (Å²) in [5, 5.41) is 6.62. The molecule has 0 saturated heterocycles. The minimum atomic E-state index is -0.379. The molecule has 0 saturated carbocycles. The second kappa shape index (κ2) is 9.55. The van der Waals surface area contributed by atoms with Crippen LogP contribution < -0.4 is 10.6 Å². The highest BCUT2D eigenvalue weighted by molar-refractivity contribution is 7.80. The van der Waals surface area contributed by atoms with Crippen molar-refractivity contribution < 1.29 is 14.3 Å². The van der Waals surface area contributed by atoms with E-state index >= 15 is 0 Å². The van der Waals surface area contributed by atoms with Crippen LogP contribution in [0.1, 0.15) is 84.7 Å². The van der Waals surface area contributed by atoms with Gasteiger partial charge in [0, 0.05) is 10.4 Å². The monoisotopic (exact) mass is 486 g/mol. The standard InChI is InChI=1S/C26H34N2O3S2/c1-25(2,3)16-10-8-15(9-11-16)21(29)27-24(32)28-22-20(23(30)31-7)18-13-12-17(26(4,5)6)14-19(18)33-22/h8-11,17H,12-14H2,1-7H3,(H2,27,28,29,32). The number of carbonyl (C=O) groups is 2. The zero-order valence-corrected chi connectivity index (χ0v) is 22.2. The highest BCUT2D eigenvalue weighted by Gasteiger charge is 2.34. The summed E-state index contributed by atoms with van der Waals surface area (Å²) >= 11 is 6.94. The van der Waals surface area contributed by atoms with Gasteiger partial charge in [-0.05, 0) is 71.5 Å². The molecule has 1 aromatic heterocycles. The lowest BCUT2D eigenvalue weighted by Gasteiger charge is -2.33. The van der Waals surface area contributed by atoms with E-state index in [2.05, 4.69) is 52.2 Å². The highest BCUT2D eigenvalue weighted by Crippen LogP contribution is 2.44. The molecule has 1 aliphatic rings. The van der Waals surface area contributed by atoms with Crippen LogP contribution in [-0.4, -0.2) is 24.1 Å². The molecule has 178 valence electrons. The largest absolute Gasteiger partial charge is 0.465 e. The molecule has 1 unspecified atom stereocenters. The number of thiocarbonyl (C=S) groups is 1. The number of esters is 1. The first-order valence-electron chi connectivity index (χ1n) is 11.3. The number of anilines is 1. The number of methoxy groups -OCH3 is 1. The zero-order chi connectivity index (χ0) is 24.6. The fraction of sp³-hybridized carbons (Fsp3) is 0.500. The van der Waals surface area contributed by atoms with Gasteiger partial charge in [-0.1, -0.05) is 53.7 Å². The quantitative estimate of drug-likeness (QED) is 0.405. The molecule has 1 aromatic carbocycles. The topological polar surface area (TPSA) is 67.4 Å². The number of carbonyl (C=O) groups excluding carboxylic acids is 2. The maximum Gasteiger partial charge on any atom is 0.341 e. The van der Waals surface area contributed by atoms with Gasteiger partial charge in [-0.2, -0.15) is 0 Å². The summed E-state index contributed by atoms with van der Waals surface area (Å²) in [6, 6.07) is 7.52. The summed E-state index contributed by atoms with van der Waals surface area (Å²) in [4.78, 5) is 26.5. The molecule has 1 aliphatic carbocycles. The Bertz CT molecular complexity index is 1060. The van der Waals surface area contributed by atoms with Crippen LogP contribution in [0.4, 0.5) is 5.00 Å². The summed E-state index contributed by atoms with van der Waals surface area (Å²) in [5.41, 5.74) is 3.48. The maximum atomic E-state index is 12.7. The van der Waals surface area contributed by atoms with Gasteiger partial charge in [0.15, 0.2) is 5.11 Å². The molecule has 0 bridgehead atoms. The van der Waals surface area contributed by atoms with Crippen LogP contribution in [0.15, 0.2) is 24.3 Å². The fourth-order valence-corrected chi connectivity index (χ4v) is 5.74. The first kappa shape index (κ1) is 25.4. The van der Waals surface area contributed by atoms with Gasteiger partial charge in [0.05, 0.1) is 12.7 Å². The van der Waals surface area contributed by atoms with Gasteiger partial charge in [-0.3, -0.25) is 10.1 Å². The molecule has 0 aliphatic heterocycles. The summed E-state index contributed by atoms with van der Waals surface area (Å²) in [7, 11) is 1.39. The average Bonchev–Trinajstić information content (AvgIpc) is 3.08. The smallest absolute Gasteiger partial charge is 0.341 e. The lowest BCUT2D eigenvalue weighted by Crippen LogP contribution is -2.34. The first-order chi connectivity index (χ1) is 15.3. The second-order valence-electron chi connectivity index (χ2n) is 10.7. The van der Waals surface area contributed by atoms with E-state index in [1.54, 1.807) is 12.1 Å². The molecule has 0 radical (unpaired) electrons. The van der Waals surface area contributed by atoms with E-state index in [1.165, 1.54) is 23.3 Å². The number of benzene rings is 1. The zero-order valence-electron chi connectivity index (χ0n) is 20.5. The van der Waals surface area contributed by atoms with E-state index in [4.69, 9.17) is 17.0 Å². The van der Waals surface area contributed by atoms with Crippen LogP contribution in [0.2, 0.25) is 0 Å². The number of fused-ring (bicyclic) bond motifs is 1. The minimum absolute atomic E-state index is 0.0143. The predicted octanol–water partition coefficient (Wildman–Crippen LogP) is 6.11. The van der Waals surface area contributed by atoms with E-state index in [0.717, 1.165) is 30.4 Å². The third kappa shape index (κ3) is 5.82. The van der Waals surface area contributed by atoms with Gasteiger partial charge in [-0.15, -0.1) is 11.3 Å².